The van der Waals surface area contributed by atoms with Gasteiger partial charge in [-0.2, -0.15) is 0 Å². The molecule has 1 amide bonds. The lowest BCUT2D eigenvalue weighted by molar-refractivity contribution is 0.00839. The molecule has 1 aromatic rings. The Morgan fingerprint density at radius 3 is 2.48 bits per heavy atom. The zero-order valence-corrected chi connectivity index (χ0v) is 13.3. The molecule has 0 atom stereocenters. The maximum absolute atomic E-state index is 12.6. The largest absolute Gasteiger partial charge is 0.466 e. The van der Waals surface area contributed by atoms with Crippen molar-refractivity contribution in [3.63, 3.8) is 0 Å². The molecule has 2 N–H and O–H groups in total. The molecule has 1 aliphatic rings. The molecule has 118 valence electrons. The zero-order valence-electron chi connectivity index (χ0n) is 13.3. The number of rotatable bonds is 5. The second-order valence-corrected chi connectivity index (χ2v) is 5.72. The Kier molecular flexibility index (Phi) is 5.42. The van der Waals surface area contributed by atoms with Crippen molar-refractivity contribution in [1.29, 1.82) is 0 Å². The Labute approximate surface area is 126 Å². The predicted molar refractivity (Wildman–Crippen MR) is 81.5 cm³/mol. The Morgan fingerprint density at radius 2 is 1.95 bits per heavy atom. The van der Waals surface area contributed by atoms with Crippen LogP contribution in [0.1, 0.15) is 46.7 Å². The normalized spacial score (nSPS) is 16.5. The molecule has 1 aromatic heterocycles. The van der Waals surface area contributed by atoms with Crippen LogP contribution in [0.5, 0.6) is 0 Å². The second kappa shape index (κ2) is 7.09. The lowest BCUT2D eigenvalue weighted by atomic mass is 10.0. The first-order valence-corrected chi connectivity index (χ1v) is 7.72. The van der Waals surface area contributed by atoms with Gasteiger partial charge in [-0.05, 0) is 46.6 Å². The van der Waals surface area contributed by atoms with Crippen LogP contribution in [0, 0.1) is 20.8 Å². The summed E-state index contributed by atoms with van der Waals surface area (Å²) in [5, 5.41) is 0. The average molecular weight is 294 g/mol. The SMILES string of the molecule is Cc1oc(C)c(C(=O)N2CCC(OCCCN)CC2)c1C. The molecule has 1 saturated heterocycles. The molecule has 5 nitrogen and oxygen atoms in total. The summed E-state index contributed by atoms with van der Waals surface area (Å²) < 4.78 is 11.3. The molecule has 2 rings (SSSR count). The van der Waals surface area contributed by atoms with Crippen molar-refractivity contribution in [3.05, 3.63) is 22.6 Å². The molecule has 2 heterocycles. The topological polar surface area (TPSA) is 68.7 Å². The third-order valence-corrected chi connectivity index (χ3v) is 4.21. The molecule has 0 aromatic carbocycles. The number of hydrogen-bond donors (Lipinski definition) is 1. The summed E-state index contributed by atoms with van der Waals surface area (Å²) >= 11 is 0. The van der Waals surface area contributed by atoms with Crippen LogP contribution < -0.4 is 5.73 Å². The summed E-state index contributed by atoms with van der Waals surface area (Å²) in [6, 6.07) is 0. The van der Waals surface area contributed by atoms with E-state index in [-0.39, 0.29) is 12.0 Å². The summed E-state index contributed by atoms with van der Waals surface area (Å²) in [5.74, 6) is 1.63. The van der Waals surface area contributed by atoms with E-state index in [4.69, 9.17) is 14.9 Å². The van der Waals surface area contributed by atoms with E-state index in [0.717, 1.165) is 55.0 Å². The van der Waals surface area contributed by atoms with Crippen LogP contribution in [-0.2, 0) is 4.74 Å². The van der Waals surface area contributed by atoms with Crippen molar-refractivity contribution in [2.24, 2.45) is 5.73 Å². The molecule has 0 saturated carbocycles. The van der Waals surface area contributed by atoms with E-state index in [1.54, 1.807) is 0 Å². The molecular formula is C16H26N2O3. The standard InChI is InChI=1S/C16H26N2O3/c1-11-12(2)21-13(3)15(11)16(19)18-8-5-14(6-9-18)20-10-4-7-17/h14H,4-10,17H2,1-3H3. The third-order valence-electron chi connectivity index (χ3n) is 4.21. The number of ether oxygens (including phenoxy) is 1. The number of hydrogen-bond acceptors (Lipinski definition) is 4. The van der Waals surface area contributed by atoms with Crippen molar-refractivity contribution in [3.8, 4) is 0 Å². The van der Waals surface area contributed by atoms with Crippen LogP contribution in [0.25, 0.3) is 0 Å². The number of carbonyl (C=O) groups excluding carboxylic acids is 1. The summed E-state index contributed by atoms with van der Waals surface area (Å²) in [5.41, 5.74) is 7.15. The van der Waals surface area contributed by atoms with Crippen molar-refractivity contribution in [2.75, 3.05) is 26.2 Å². The molecule has 0 radical (unpaired) electrons. The van der Waals surface area contributed by atoms with Crippen LogP contribution in [0.2, 0.25) is 0 Å². The second-order valence-electron chi connectivity index (χ2n) is 5.72. The first-order valence-electron chi connectivity index (χ1n) is 7.72. The molecule has 21 heavy (non-hydrogen) atoms. The van der Waals surface area contributed by atoms with E-state index >= 15 is 0 Å². The van der Waals surface area contributed by atoms with E-state index in [0.29, 0.717) is 13.2 Å². The molecular weight excluding hydrogens is 268 g/mol. The van der Waals surface area contributed by atoms with E-state index < -0.39 is 0 Å². The van der Waals surface area contributed by atoms with Gasteiger partial charge in [0.25, 0.3) is 5.91 Å². The fourth-order valence-electron chi connectivity index (χ4n) is 2.83. The zero-order chi connectivity index (χ0) is 15.4. The number of furan rings is 1. The highest BCUT2D eigenvalue weighted by molar-refractivity contribution is 5.96. The third kappa shape index (κ3) is 3.66. The Morgan fingerprint density at radius 1 is 1.29 bits per heavy atom. The van der Waals surface area contributed by atoms with Gasteiger partial charge in [-0.15, -0.1) is 0 Å². The monoisotopic (exact) mass is 294 g/mol. The van der Waals surface area contributed by atoms with Crippen molar-refractivity contribution in [1.82, 2.24) is 4.90 Å². The van der Waals surface area contributed by atoms with Crippen LogP contribution in [0.15, 0.2) is 4.42 Å². The average Bonchev–Trinajstić information content (AvgIpc) is 2.72. The molecule has 1 aliphatic heterocycles. The number of piperidine rings is 1. The summed E-state index contributed by atoms with van der Waals surface area (Å²) in [4.78, 5) is 14.5. The van der Waals surface area contributed by atoms with Crippen molar-refractivity contribution < 1.29 is 13.9 Å². The predicted octanol–water partition coefficient (Wildman–Crippen LogP) is 2.17. The van der Waals surface area contributed by atoms with Crippen LogP contribution >= 0.6 is 0 Å². The fraction of sp³-hybridized carbons (Fsp3) is 0.688. The first kappa shape index (κ1) is 16.0. The van der Waals surface area contributed by atoms with Gasteiger partial charge in [0.1, 0.15) is 11.5 Å². The van der Waals surface area contributed by atoms with E-state index in [1.165, 1.54) is 0 Å². The molecule has 0 unspecified atom stereocenters. The van der Waals surface area contributed by atoms with Crippen LogP contribution in [0.3, 0.4) is 0 Å². The van der Waals surface area contributed by atoms with Gasteiger partial charge in [0.2, 0.25) is 0 Å². The molecule has 0 spiro atoms. The van der Waals surface area contributed by atoms with Gasteiger partial charge in [-0.3, -0.25) is 4.79 Å². The Balaban J connectivity index is 1.91. The number of likely N-dealkylation sites (tertiary alicyclic amines) is 1. The highest BCUT2D eigenvalue weighted by atomic mass is 16.5. The maximum atomic E-state index is 12.6. The van der Waals surface area contributed by atoms with E-state index in [9.17, 15) is 4.79 Å². The maximum Gasteiger partial charge on any atom is 0.257 e. The number of carbonyl (C=O) groups is 1. The van der Waals surface area contributed by atoms with E-state index in [2.05, 4.69) is 0 Å². The Bertz CT molecular complexity index is 488. The molecule has 0 bridgehead atoms. The lowest BCUT2D eigenvalue weighted by Gasteiger charge is -2.32. The highest BCUT2D eigenvalue weighted by Gasteiger charge is 2.27. The van der Waals surface area contributed by atoms with E-state index in [1.807, 2.05) is 25.7 Å². The molecule has 1 fully saturated rings. The summed E-state index contributed by atoms with van der Waals surface area (Å²) in [6.45, 7) is 8.57. The van der Waals surface area contributed by atoms with Gasteiger partial charge >= 0.3 is 0 Å². The minimum atomic E-state index is 0.0854. The number of aryl methyl sites for hydroxylation is 2. The summed E-state index contributed by atoms with van der Waals surface area (Å²) in [6.07, 6.45) is 2.94. The quantitative estimate of drug-likeness (QED) is 0.845. The number of nitrogens with zero attached hydrogens (tertiary/aromatic N) is 1. The van der Waals surface area contributed by atoms with Crippen molar-refractivity contribution in [2.45, 2.75) is 46.1 Å². The van der Waals surface area contributed by atoms with Gasteiger partial charge in [-0.1, -0.05) is 0 Å². The number of nitrogens with two attached hydrogens (primary N) is 1. The Hall–Kier alpha value is -1.33. The smallest absolute Gasteiger partial charge is 0.257 e. The molecule has 0 aliphatic carbocycles. The van der Waals surface area contributed by atoms with Gasteiger partial charge in [-0.25, -0.2) is 0 Å². The fourth-order valence-corrected chi connectivity index (χ4v) is 2.83. The number of amides is 1. The summed E-state index contributed by atoms with van der Waals surface area (Å²) in [7, 11) is 0. The van der Waals surface area contributed by atoms with Crippen LogP contribution in [0.4, 0.5) is 0 Å². The minimum absolute atomic E-state index is 0.0854. The first-order chi connectivity index (χ1) is 10.0. The minimum Gasteiger partial charge on any atom is -0.466 e. The van der Waals surface area contributed by atoms with Gasteiger partial charge in [0, 0.05) is 25.3 Å². The van der Waals surface area contributed by atoms with Gasteiger partial charge in [0.05, 0.1) is 11.7 Å². The van der Waals surface area contributed by atoms with Gasteiger partial charge in [0.15, 0.2) is 0 Å². The lowest BCUT2D eigenvalue weighted by Crippen LogP contribution is -2.41. The van der Waals surface area contributed by atoms with Crippen molar-refractivity contribution >= 4 is 5.91 Å². The van der Waals surface area contributed by atoms with Crippen LogP contribution in [-0.4, -0.2) is 43.2 Å². The molecule has 5 heteroatoms. The van der Waals surface area contributed by atoms with Gasteiger partial charge < -0.3 is 19.8 Å². The highest BCUT2D eigenvalue weighted by Crippen LogP contribution is 2.24.